The smallest absolute Gasteiger partial charge is 0.112 e. The molecule has 1 aliphatic rings. The Balaban J connectivity index is 2.12. The van der Waals surface area contributed by atoms with Crippen LogP contribution in [0.3, 0.4) is 0 Å². The molecule has 0 spiro atoms. The maximum absolute atomic E-state index is 4.85. The molecule has 0 saturated carbocycles. The first-order valence-corrected chi connectivity index (χ1v) is 8.37. The van der Waals surface area contributed by atoms with Gasteiger partial charge in [-0.05, 0) is 40.5 Å². The topological polar surface area (TPSA) is 31.4 Å². The fourth-order valence-corrected chi connectivity index (χ4v) is 3.77. The van der Waals surface area contributed by atoms with Crippen molar-refractivity contribution in [3.8, 4) is 0 Å². The Labute approximate surface area is 127 Å². The minimum atomic E-state index is 0.444. The van der Waals surface area contributed by atoms with Gasteiger partial charge in [-0.3, -0.25) is 4.90 Å². The second-order valence-corrected chi connectivity index (χ2v) is 7.32. The molecule has 114 valence electrons. The number of rotatable bonds is 4. The van der Waals surface area contributed by atoms with Crippen LogP contribution in [-0.2, 0) is 6.54 Å². The predicted molar refractivity (Wildman–Crippen MR) is 86.3 cm³/mol. The van der Waals surface area contributed by atoms with E-state index in [-0.39, 0.29) is 0 Å². The highest BCUT2D eigenvalue weighted by atomic mass is 32.1. The van der Waals surface area contributed by atoms with Crippen LogP contribution in [-0.4, -0.2) is 54.6 Å². The van der Waals surface area contributed by atoms with Crippen LogP contribution in [0.25, 0.3) is 0 Å². The summed E-state index contributed by atoms with van der Waals surface area (Å²) in [6.45, 7) is 10.9. The summed E-state index contributed by atoms with van der Waals surface area (Å²) in [5.74, 6) is 0. The van der Waals surface area contributed by atoms with Gasteiger partial charge in [-0.1, -0.05) is 13.8 Å². The summed E-state index contributed by atoms with van der Waals surface area (Å²) in [6.07, 6.45) is 1.25. The number of nitrogens with zero attached hydrogens (tertiary/aromatic N) is 3. The molecule has 0 aliphatic carbocycles. The summed E-state index contributed by atoms with van der Waals surface area (Å²) in [7, 11) is 4.44. The Morgan fingerprint density at radius 2 is 2.10 bits per heavy atom. The third-order valence-corrected chi connectivity index (χ3v) is 5.19. The fraction of sp³-hybridized carbons (Fsp3) is 0.800. The highest BCUT2D eigenvalue weighted by Crippen LogP contribution is 2.29. The first-order valence-electron chi connectivity index (χ1n) is 7.55. The molecule has 0 radical (unpaired) electrons. The van der Waals surface area contributed by atoms with Crippen molar-refractivity contribution >= 4 is 11.3 Å². The van der Waals surface area contributed by atoms with Gasteiger partial charge >= 0.3 is 0 Å². The summed E-state index contributed by atoms with van der Waals surface area (Å²) < 4.78 is 0. The minimum Gasteiger partial charge on any atom is -0.310 e. The van der Waals surface area contributed by atoms with Crippen molar-refractivity contribution in [1.29, 1.82) is 0 Å². The van der Waals surface area contributed by atoms with Crippen molar-refractivity contribution in [2.24, 2.45) is 0 Å². The molecular formula is C15H28N4S. The Bertz CT molecular complexity index is 430. The van der Waals surface area contributed by atoms with Gasteiger partial charge in [0.25, 0.3) is 0 Å². The predicted octanol–water partition coefficient (Wildman–Crippen LogP) is 2.26. The van der Waals surface area contributed by atoms with E-state index in [1.165, 1.54) is 28.5 Å². The zero-order valence-electron chi connectivity index (χ0n) is 13.4. The van der Waals surface area contributed by atoms with E-state index in [1.807, 2.05) is 11.3 Å². The van der Waals surface area contributed by atoms with E-state index in [0.717, 1.165) is 19.6 Å². The van der Waals surface area contributed by atoms with Crippen LogP contribution < -0.4 is 5.32 Å². The molecule has 0 aromatic carbocycles. The maximum atomic E-state index is 4.85. The van der Waals surface area contributed by atoms with Crippen molar-refractivity contribution in [2.45, 2.75) is 45.8 Å². The van der Waals surface area contributed by atoms with E-state index >= 15 is 0 Å². The molecule has 1 saturated heterocycles. The minimum absolute atomic E-state index is 0.444. The van der Waals surface area contributed by atoms with E-state index in [4.69, 9.17) is 4.98 Å². The normalized spacial score (nSPS) is 22.4. The van der Waals surface area contributed by atoms with E-state index in [2.05, 4.69) is 50.0 Å². The van der Waals surface area contributed by atoms with E-state index < -0.39 is 0 Å². The number of nitrogens with one attached hydrogen (secondary N) is 1. The monoisotopic (exact) mass is 296 g/mol. The van der Waals surface area contributed by atoms with E-state index in [9.17, 15) is 0 Å². The van der Waals surface area contributed by atoms with E-state index in [0.29, 0.717) is 12.1 Å². The lowest BCUT2D eigenvalue weighted by Crippen LogP contribution is -2.30. The number of hydrogen-bond donors (Lipinski definition) is 1. The van der Waals surface area contributed by atoms with Crippen molar-refractivity contribution in [2.75, 3.05) is 33.7 Å². The largest absolute Gasteiger partial charge is 0.310 e. The molecule has 0 amide bonds. The van der Waals surface area contributed by atoms with E-state index in [1.54, 1.807) is 0 Å². The molecule has 1 aromatic heterocycles. The lowest BCUT2D eigenvalue weighted by atomic mass is 10.2. The standard InChI is InChI=1S/C15H28N4S/c1-11(2)16-9-14-12(3)17-15(20-14)13-10-18(4)7-6-8-19(13)5/h11,13,16H,6-10H2,1-5H3. The van der Waals surface area contributed by atoms with Crippen molar-refractivity contribution in [1.82, 2.24) is 20.1 Å². The Morgan fingerprint density at radius 1 is 1.35 bits per heavy atom. The van der Waals surface area contributed by atoms with Gasteiger partial charge in [-0.15, -0.1) is 11.3 Å². The molecule has 1 N–H and O–H groups in total. The Hall–Kier alpha value is -0.490. The molecule has 1 unspecified atom stereocenters. The molecule has 2 heterocycles. The summed E-state index contributed by atoms with van der Waals surface area (Å²) in [4.78, 5) is 11.1. The highest BCUT2D eigenvalue weighted by Gasteiger charge is 2.25. The fourth-order valence-electron chi connectivity index (χ4n) is 2.59. The van der Waals surface area contributed by atoms with Crippen LogP contribution >= 0.6 is 11.3 Å². The van der Waals surface area contributed by atoms with Gasteiger partial charge in [0.05, 0.1) is 11.7 Å². The SMILES string of the molecule is Cc1nc(C2CN(C)CCCN2C)sc1CNC(C)C. The first kappa shape index (κ1) is 15.9. The zero-order chi connectivity index (χ0) is 14.7. The van der Waals surface area contributed by atoms with Crippen molar-refractivity contribution in [3.05, 3.63) is 15.6 Å². The van der Waals surface area contributed by atoms with Crippen LogP contribution in [0, 0.1) is 6.92 Å². The summed E-state index contributed by atoms with van der Waals surface area (Å²) in [6, 6.07) is 0.964. The van der Waals surface area contributed by atoms with Gasteiger partial charge in [0.2, 0.25) is 0 Å². The third kappa shape index (κ3) is 4.01. The summed E-state index contributed by atoms with van der Waals surface area (Å²) in [5.41, 5.74) is 1.19. The van der Waals surface area contributed by atoms with Crippen LogP contribution in [0.15, 0.2) is 0 Å². The summed E-state index contributed by atoms with van der Waals surface area (Å²) >= 11 is 1.88. The third-order valence-electron chi connectivity index (χ3n) is 3.93. The van der Waals surface area contributed by atoms with Crippen LogP contribution in [0.4, 0.5) is 0 Å². The summed E-state index contributed by atoms with van der Waals surface area (Å²) in [5, 5.41) is 4.77. The number of aryl methyl sites for hydroxylation is 1. The molecule has 2 rings (SSSR count). The number of likely N-dealkylation sites (N-methyl/N-ethyl adjacent to an activating group) is 2. The quantitative estimate of drug-likeness (QED) is 0.923. The van der Waals surface area contributed by atoms with Crippen molar-refractivity contribution < 1.29 is 0 Å². The van der Waals surface area contributed by atoms with Crippen LogP contribution in [0.1, 0.15) is 41.9 Å². The molecule has 1 atom stereocenters. The Morgan fingerprint density at radius 3 is 2.80 bits per heavy atom. The van der Waals surface area contributed by atoms with Gasteiger partial charge in [0.1, 0.15) is 5.01 Å². The van der Waals surface area contributed by atoms with Gasteiger partial charge in [0, 0.05) is 24.0 Å². The molecule has 1 fully saturated rings. The van der Waals surface area contributed by atoms with Crippen molar-refractivity contribution in [3.63, 3.8) is 0 Å². The second kappa shape index (κ2) is 6.98. The Kier molecular flexibility index (Phi) is 5.55. The maximum Gasteiger partial charge on any atom is 0.112 e. The second-order valence-electron chi connectivity index (χ2n) is 6.21. The van der Waals surface area contributed by atoms with Gasteiger partial charge in [-0.2, -0.15) is 0 Å². The highest BCUT2D eigenvalue weighted by molar-refractivity contribution is 7.11. The average molecular weight is 296 g/mol. The van der Waals surface area contributed by atoms with Crippen LogP contribution in [0.5, 0.6) is 0 Å². The number of thiazole rings is 1. The molecular weight excluding hydrogens is 268 g/mol. The zero-order valence-corrected chi connectivity index (χ0v) is 14.3. The lowest BCUT2D eigenvalue weighted by molar-refractivity contribution is 0.228. The van der Waals surface area contributed by atoms with Crippen LogP contribution in [0.2, 0.25) is 0 Å². The number of aromatic nitrogens is 1. The molecule has 0 bridgehead atoms. The molecule has 5 heteroatoms. The van der Waals surface area contributed by atoms with Gasteiger partial charge < -0.3 is 10.2 Å². The number of hydrogen-bond acceptors (Lipinski definition) is 5. The lowest BCUT2D eigenvalue weighted by Gasteiger charge is -2.25. The average Bonchev–Trinajstić information content (AvgIpc) is 2.65. The molecule has 1 aliphatic heterocycles. The molecule has 20 heavy (non-hydrogen) atoms. The van der Waals surface area contributed by atoms with Gasteiger partial charge in [-0.25, -0.2) is 4.98 Å². The molecule has 4 nitrogen and oxygen atoms in total. The molecule has 1 aromatic rings. The first-order chi connectivity index (χ1) is 9.47. The van der Waals surface area contributed by atoms with Gasteiger partial charge in [0.15, 0.2) is 0 Å².